The van der Waals surface area contributed by atoms with E-state index in [0.717, 1.165) is 0 Å². The number of aromatic nitrogens is 2. The first-order chi connectivity index (χ1) is 6.88. The van der Waals surface area contributed by atoms with Crippen molar-refractivity contribution in [2.75, 3.05) is 17.6 Å². The van der Waals surface area contributed by atoms with E-state index >= 15 is 0 Å². The van der Waals surface area contributed by atoms with Gasteiger partial charge in [0.2, 0.25) is 10.0 Å². The Balaban J connectivity index is 2.61. The summed E-state index contributed by atoms with van der Waals surface area (Å²) in [5.74, 6) is 0.0315. The molecule has 0 aromatic carbocycles. The van der Waals surface area contributed by atoms with Crippen molar-refractivity contribution in [2.45, 2.75) is 6.92 Å². The highest BCUT2D eigenvalue weighted by Crippen LogP contribution is 2.08. The van der Waals surface area contributed by atoms with Gasteiger partial charge in [0.15, 0.2) is 0 Å². The van der Waals surface area contributed by atoms with Crippen molar-refractivity contribution in [3.63, 3.8) is 0 Å². The largest absolute Gasteiger partial charge is 0.369 e. The highest BCUT2D eigenvalue weighted by atomic mass is 32.2. The van der Waals surface area contributed by atoms with Crippen LogP contribution in [0.5, 0.6) is 0 Å². The first-order valence-corrected chi connectivity index (χ1v) is 5.83. The lowest BCUT2D eigenvalue weighted by Gasteiger charge is -2.06. The Morgan fingerprint density at radius 2 is 2.27 bits per heavy atom. The molecule has 1 heterocycles. The summed E-state index contributed by atoms with van der Waals surface area (Å²) in [4.78, 5) is 6.80. The summed E-state index contributed by atoms with van der Waals surface area (Å²) in [6.07, 6.45) is 0.445. The molecule has 0 fully saturated rings. The maximum Gasteiger partial charge on any atom is 0.310 e. The van der Waals surface area contributed by atoms with E-state index in [1.165, 1.54) is 6.20 Å². The molecule has 1 aromatic heterocycles. The van der Waals surface area contributed by atoms with Crippen LogP contribution >= 0.6 is 0 Å². The highest BCUT2D eigenvalue weighted by Gasteiger charge is 2.05. The van der Waals surface area contributed by atoms with Crippen molar-refractivity contribution in [1.82, 2.24) is 9.97 Å². The second kappa shape index (κ2) is 4.49. The van der Waals surface area contributed by atoms with Crippen LogP contribution in [0.15, 0.2) is 6.20 Å². The third-order valence-electron chi connectivity index (χ3n) is 1.62. The van der Waals surface area contributed by atoms with Gasteiger partial charge in [-0.3, -0.25) is 0 Å². The zero-order valence-corrected chi connectivity index (χ0v) is 8.88. The molecule has 0 saturated carbocycles. The van der Waals surface area contributed by atoms with Gasteiger partial charge in [-0.2, -0.15) is 9.37 Å². The number of nitrogens with zero attached hydrogens (tertiary/aromatic N) is 2. The zero-order chi connectivity index (χ0) is 11.5. The fraction of sp³-hybridized carbons (Fsp3) is 0.429. The van der Waals surface area contributed by atoms with Crippen LogP contribution in [0.3, 0.4) is 0 Å². The van der Waals surface area contributed by atoms with Crippen molar-refractivity contribution in [3.05, 3.63) is 17.8 Å². The van der Waals surface area contributed by atoms with Gasteiger partial charge in [0.05, 0.1) is 5.75 Å². The summed E-state index contributed by atoms with van der Waals surface area (Å²) >= 11 is 0. The average molecular weight is 234 g/mol. The minimum atomic E-state index is -3.52. The molecule has 0 unspecified atom stereocenters. The second-order valence-electron chi connectivity index (χ2n) is 2.96. The van der Waals surface area contributed by atoms with Gasteiger partial charge in [0.25, 0.3) is 0 Å². The summed E-state index contributed by atoms with van der Waals surface area (Å²) in [6.45, 7) is 1.76. The van der Waals surface area contributed by atoms with Crippen molar-refractivity contribution < 1.29 is 12.8 Å². The van der Waals surface area contributed by atoms with Gasteiger partial charge in [0, 0.05) is 18.3 Å². The number of nitrogens with two attached hydrogens (primary N) is 1. The fourth-order valence-corrected chi connectivity index (χ4v) is 1.30. The molecule has 0 atom stereocenters. The van der Waals surface area contributed by atoms with Crippen molar-refractivity contribution in [3.8, 4) is 0 Å². The standard InChI is InChI=1S/C7H11FN4O2S/c1-5-4-11-7(8)12-6(5)10-2-3-15(9,13)14/h4H,2-3H2,1H3,(H2,9,13,14)(H,10,11,12). The SMILES string of the molecule is Cc1cnc(F)nc1NCCS(N)(=O)=O. The molecule has 0 bridgehead atoms. The maximum atomic E-state index is 12.6. The molecule has 8 heteroatoms. The normalized spacial score (nSPS) is 11.4. The molecule has 0 aliphatic carbocycles. The second-order valence-corrected chi connectivity index (χ2v) is 4.70. The molecule has 1 rings (SSSR count). The smallest absolute Gasteiger partial charge is 0.310 e. The molecular weight excluding hydrogens is 223 g/mol. The molecule has 3 N–H and O–H groups in total. The lowest BCUT2D eigenvalue weighted by Crippen LogP contribution is -2.23. The number of aryl methyl sites for hydroxylation is 1. The Morgan fingerprint density at radius 1 is 1.60 bits per heavy atom. The Hall–Kier alpha value is -1.28. The van der Waals surface area contributed by atoms with E-state index in [1.807, 2.05) is 0 Å². The summed E-state index contributed by atoms with van der Waals surface area (Å²) in [6, 6.07) is 0. The Morgan fingerprint density at radius 3 is 2.87 bits per heavy atom. The number of sulfonamides is 1. The number of rotatable bonds is 4. The quantitative estimate of drug-likeness (QED) is 0.692. The van der Waals surface area contributed by atoms with E-state index < -0.39 is 16.1 Å². The lowest BCUT2D eigenvalue weighted by molar-refractivity contribution is 0.539. The van der Waals surface area contributed by atoms with Crippen LogP contribution in [-0.2, 0) is 10.0 Å². The third-order valence-corrected chi connectivity index (χ3v) is 2.39. The van der Waals surface area contributed by atoms with E-state index in [0.29, 0.717) is 5.56 Å². The minimum absolute atomic E-state index is 0.0795. The number of primary sulfonamides is 1. The molecule has 0 aliphatic rings. The maximum absolute atomic E-state index is 12.6. The van der Waals surface area contributed by atoms with E-state index in [1.54, 1.807) is 6.92 Å². The summed E-state index contributed by atoms with van der Waals surface area (Å²) in [5.41, 5.74) is 0.630. The average Bonchev–Trinajstić information content (AvgIpc) is 2.09. The Kier molecular flexibility index (Phi) is 3.53. The predicted octanol–water partition coefficient (Wildman–Crippen LogP) is -0.375. The van der Waals surface area contributed by atoms with Gasteiger partial charge >= 0.3 is 6.08 Å². The minimum Gasteiger partial charge on any atom is -0.369 e. The van der Waals surface area contributed by atoms with Crippen molar-refractivity contribution in [2.24, 2.45) is 5.14 Å². The van der Waals surface area contributed by atoms with Crippen LogP contribution in [0.4, 0.5) is 10.2 Å². The molecule has 15 heavy (non-hydrogen) atoms. The molecule has 0 amide bonds. The summed E-state index contributed by atoms with van der Waals surface area (Å²) in [5, 5.41) is 7.45. The fourth-order valence-electron chi connectivity index (χ4n) is 0.911. The molecule has 0 spiro atoms. The number of hydrogen-bond acceptors (Lipinski definition) is 5. The number of halogens is 1. The van der Waals surface area contributed by atoms with Crippen LogP contribution in [-0.4, -0.2) is 30.7 Å². The number of anilines is 1. The van der Waals surface area contributed by atoms with Crippen LogP contribution in [0, 0.1) is 13.0 Å². The molecule has 0 radical (unpaired) electrons. The molecule has 0 saturated heterocycles. The van der Waals surface area contributed by atoms with Crippen molar-refractivity contribution in [1.29, 1.82) is 0 Å². The summed E-state index contributed by atoms with van der Waals surface area (Å²) in [7, 11) is -3.52. The zero-order valence-electron chi connectivity index (χ0n) is 8.07. The molecule has 0 aliphatic heterocycles. The van der Waals surface area contributed by atoms with Crippen LogP contribution in [0.1, 0.15) is 5.56 Å². The first kappa shape index (κ1) is 11.8. The predicted molar refractivity (Wildman–Crippen MR) is 53.2 cm³/mol. The van der Waals surface area contributed by atoms with E-state index in [-0.39, 0.29) is 18.1 Å². The van der Waals surface area contributed by atoms with E-state index in [4.69, 9.17) is 5.14 Å². The third kappa shape index (κ3) is 4.17. The van der Waals surface area contributed by atoms with Gasteiger partial charge in [-0.15, -0.1) is 0 Å². The van der Waals surface area contributed by atoms with E-state index in [2.05, 4.69) is 15.3 Å². The lowest BCUT2D eigenvalue weighted by atomic mass is 10.3. The van der Waals surface area contributed by atoms with Gasteiger partial charge in [-0.1, -0.05) is 0 Å². The molecular formula is C7H11FN4O2S. The monoisotopic (exact) mass is 234 g/mol. The Bertz CT molecular complexity index is 448. The van der Waals surface area contributed by atoms with Gasteiger partial charge in [0.1, 0.15) is 5.82 Å². The van der Waals surface area contributed by atoms with Crippen LogP contribution in [0.25, 0.3) is 0 Å². The Labute approximate surface area is 86.8 Å². The van der Waals surface area contributed by atoms with E-state index in [9.17, 15) is 12.8 Å². The van der Waals surface area contributed by atoms with Crippen molar-refractivity contribution >= 4 is 15.8 Å². The van der Waals surface area contributed by atoms with Gasteiger partial charge in [-0.05, 0) is 6.92 Å². The summed E-state index contributed by atoms with van der Waals surface area (Å²) < 4.78 is 33.8. The highest BCUT2D eigenvalue weighted by molar-refractivity contribution is 7.89. The first-order valence-electron chi connectivity index (χ1n) is 4.12. The van der Waals surface area contributed by atoms with Gasteiger partial charge in [-0.25, -0.2) is 18.5 Å². The molecule has 84 valence electrons. The number of hydrogen-bond donors (Lipinski definition) is 2. The van der Waals surface area contributed by atoms with Crippen LogP contribution < -0.4 is 10.5 Å². The molecule has 1 aromatic rings. The van der Waals surface area contributed by atoms with Crippen LogP contribution in [0.2, 0.25) is 0 Å². The molecule has 6 nitrogen and oxygen atoms in total. The van der Waals surface area contributed by atoms with Gasteiger partial charge < -0.3 is 5.32 Å². The topological polar surface area (TPSA) is 98.0 Å². The number of nitrogens with one attached hydrogen (secondary N) is 1.